The molecule has 0 amide bonds. The molecule has 3 aromatic heterocycles. The third-order valence-corrected chi connectivity index (χ3v) is 5.75. The molecule has 0 saturated carbocycles. The minimum atomic E-state index is -0.404. The summed E-state index contributed by atoms with van der Waals surface area (Å²) in [4.78, 5) is 34.6. The Labute approximate surface area is 165 Å². The van der Waals surface area contributed by atoms with E-state index in [1.165, 1.54) is 23.1 Å². The first kappa shape index (κ1) is 19.5. The van der Waals surface area contributed by atoms with Gasteiger partial charge in [0.15, 0.2) is 6.61 Å². The van der Waals surface area contributed by atoms with Crippen LogP contribution in [-0.4, -0.2) is 44.2 Å². The van der Waals surface area contributed by atoms with E-state index in [4.69, 9.17) is 4.74 Å². The average molecular weight is 405 g/mol. The normalized spacial score (nSPS) is 11.1. The highest BCUT2D eigenvalue weighted by Gasteiger charge is 2.16. The van der Waals surface area contributed by atoms with Crippen molar-refractivity contribution in [2.24, 2.45) is 0 Å². The molecule has 0 fully saturated rings. The number of carbonyl (C=O) groups is 2. The van der Waals surface area contributed by atoms with Crippen molar-refractivity contribution in [2.75, 3.05) is 12.9 Å². The zero-order valence-electron chi connectivity index (χ0n) is 15.6. The van der Waals surface area contributed by atoms with Crippen LogP contribution in [0.15, 0.2) is 17.3 Å². The van der Waals surface area contributed by atoms with Gasteiger partial charge in [0, 0.05) is 22.7 Å². The highest BCUT2D eigenvalue weighted by atomic mass is 32.2. The zero-order valence-corrected chi connectivity index (χ0v) is 17.2. The van der Waals surface area contributed by atoms with Crippen molar-refractivity contribution >= 4 is 40.6 Å². The second kappa shape index (κ2) is 8.18. The van der Waals surface area contributed by atoms with Crippen molar-refractivity contribution in [1.29, 1.82) is 0 Å². The van der Waals surface area contributed by atoms with Crippen LogP contribution < -0.4 is 0 Å². The van der Waals surface area contributed by atoms with E-state index >= 15 is 0 Å². The van der Waals surface area contributed by atoms with Crippen molar-refractivity contribution in [3.05, 3.63) is 38.8 Å². The molecule has 3 aromatic rings. The van der Waals surface area contributed by atoms with Gasteiger partial charge in [-0.25, -0.2) is 9.50 Å². The Hall–Kier alpha value is -2.26. The number of rotatable bonds is 7. The molecule has 0 aliphatic rings. The molecule has 0 unspecified atom stereocenters. The van der Waals surface area contributed by atoms with Gasteiger partial charge in [0.05, 0.1) is 4.88 Å². The molecule has 0 saturated heterocycles. The Balaban J connectivity index is 1.62. The van der Waals surface area contributed by atoms with Crippen LogP contribution in [0.5, 0.6) is 0 Å². The van der Waals surface area contributed by atoms with Crippen molar-refractivity contribution < 1.29 is 14.3 Å². The Kier molecular flexibility index (Phi) is 5.91. The van der Waals surface area contributed by atoms with E-state index < -0.39 is 5.97 Å². The van der Waals surface area contributed by atoms with Gasteiger partial charge in [-0.1, -0.05) is 11.8 Å². The smallest absolute Gasteiger partial charge is 0.306 e. The number of esters is 1. The van der Waals surface area contributed by atoms with Crippen LogP contribution in [-0.2, 0) is 16.0 Å². The van der Waals surface area contributed by atoms with Crippen LogP contribution in [0.4, 0.5) is 0 Å². The van der Waals surface area contributed by atoms with Gasteiger partial charge in [-0.05, 0) is 51.1 Å². The first-order chi connectivity index (χ1) is 12.9. The van der Waals surface area contributed by atoms with Gasteiger partial charge in [0.25, 0.3) is 5.78 Å². The largest absolute Gasteiger partial charge is 0.457 e. The lowest BCUT2D eigenvalue weighted by Gasteiger charge is -2.10. The number of hydrogen-bond donors (Lipinski definition) is 0. The van der Waals surface area contributed by atoms with E-state index in [2.05, 4.69) is 15.1 Å². The minimum Gasteiger partial charge on any atom is -0.457 e. The molecule has 0 atom stereocenters. The Morgan fingerprint density at radius 1 is 1.22 bits per heavy atom. The van der Waals surface area contributed by atoms with E-state index in [0.29, 0.717) is 22.2 Å². The highest BCUT2D eigenvalue weighted by Crippen LogP contribution is 2.19. The van der Waals surface area contributed by atoms with Gasteiger partial charge in [-0.2, -0.15) is 4.98 Å². The fourth-order valence-electron chi connectivity index (χ4n) is 2.74. The molecule has 0 radical (unpaired) electrons. The maximum atomic E-state index is 12.1. The van der Waals surface area contributed by atoms with Gasteiger partial charge in [0.1, 0.15) is 0 Å². The molecule has 3 heterocycles. The molecule has 0 N–H and O–H groups in total. The van der Waals surface area contributed by atoms with Crippen molar-refractivity contribution in [3.63, 3.8) is 0 Å². The highest BCUT2D eigenvalue weighted by molar-refractivity contribution is 7.98. The number of Topliss-reactive ketones (excluding diaryl/α,β-unsaturated/α-hetero) is 1. The molecular weight excluding hydrogens is 384 g/mol. The number of fused-ring (bicyclic) bond motifs is 1. The summed E-state index contributed by atoms with van der Waals surface area (Å²) in [7, 11) is 0. The fraction of sp³-hybridized carbons (Fsp3) is 0.389. The third kappa shape index (κ3) is 4.36. The summed E-state index contributed by atoms with van der Waals surface area (Å²) in [5.74, 6) is -0.0273. The molecule has 27 heavy (non-hydrogen) atoms. The van der Waals surface area contributed by atoms with Gasteiger partial charge >= 0.3 is 5.97 Å². The van der Waals surface area contributed by atoms with Gasteiger partial charge in [0.2, 0.25) is 10.9 Å². The topological polar surface area (TPSA) is 86.5 Å². The maximum Gasteiger partial charge on any atom is 0.306 e. The molecule has 0 aliphatic heterocycles. The Morgan fingerprint density at radius 3 is 2.67 bits per heavy atom. The summed E-state index contributed by atoms with van der Waals surface area (Å²) in [5.41, 5.74) is 2.67. The van der Waals surface area contributed by atoms with E-state index in [1.807, 2.05) is 33.1 Å². The summed E-state index contributed by atoms with van der Waals surface area (Å²) in [6.07, 6.45) is 2.56. The Morgan fingerprint density at radius 2 is 2.00 bits per heavy atom. The third-order valence-electron chi connectivity index (χ3n) is 4.17. The van der Waals surface area contributed by atoms with Crippen LogP contribution in [0.3, 0.4) is 0 Å². The number of ketones is 1. The summed E-state index contributed by atoms with van der Waals surface area (Å²) < 4.78 is 6.83. The van der Waals surface area contributed by atoms with Crippen LogP contribution in [0.1, 0.15) is 37.9 Å². The molecule has 0 aromatic carbocycles. The maximum absolute atomic E-state index is 12.1. The standard InChI is InChI=1S/C18H20N4O3S2/c1-10-5-7-15(27-10)14(23)9-25-16(24)8-6-13-11(2)19-17-20-18(26-4)21-22(17)12(13)3/h5,7H,6,8-9H2,1-4H3. The number of ether oxygens (including phenoxy) is 1. The summed E-state index contributed by atoms with van der Waals surface area (Å²) in [6, 6.07) is 3.63. The van der Waals surface area contributed by atoms with E-state index in [0.717, 1.165) is 21.8 Å². The van der Waals surface area contributed by atoms with Crippen molar-refractivity contribution in [2.45, 2.75) is 38.8 Å². The van der Waals surface area contributed by atoms with E-state index in [9.17, 15) is 9.59 Å². The van der Waals surface area contributed by atoms with E-state index in [-0.39, 0.29) is 18.8 Å². The lowest BCUT2D eigenvalue weighted by atomic mass is 10.1. The lowest BCUT2D eigenvalue weighted by Crippen LogP contribution is -2.15. The average Bonchev–Trinajstić information content (AvgIpc) is 3.25. The van der Waals surface area contributed by atoms with Crippen molar-refractivity contribution in [3.8, 4) is 0 Å². The first-order valence-corrected chi connectivity index (χ1v) is 10.4. The molecular formula is C18H20N4O3S2. The van der Waals surface area contributed by atoms with Crippen molar-refractivity contribution in [1.82, 2.24) is 19.6 Å². The molecule has 3 rings (SSSR count). The van der Waals surface area contributed by atoms with Gasteiger partial charge in [-0.3, -0.25) is 9.59 Å². The quantitative estimate of drug-likeness (QED) is 0.339. The molecule has 7 nitrogen and oxygen atoms in total. The number of thiophene rings is 1. The molecule has 142 valence electrons. The monoisotopic (exact) mass is 404 g/mol. The summed E-state index contributed by atoms with van der Waals surface area (Å²) >= 11 is 2.85. The SMILES string of the molecule is CSc1nc2nc(C)c(CCC(=O)OCC(=O)c3ccc(C)s3)c(C)n2n1. The summed E-state index contributed by atoms with van der Waals surface area (Å²) in [5, 5.41) is 5.06. The predicted molar refractivity (Wildman–Crippen MR) is 105 cm³/mol. The van der Waals surface area contributed by atoms with E-state index in [1.54, 1.807) is 10.6 Å². The number of carbonyl (C=O) groups excluding carboxylic acids is 2. The minimum absolute atomic E-state index is 0.176. The second-order valence-corrected chi connectivity index (χ2v) is 8.13. The lowest BCUT2D eigenvalue weighted by molar-refractivity contribution is -0.142. The molecule has 0 aliphatic carbocycles. The summed E-state index contributed by atoms with van der Waals surface area (Å²) in [6.45, 7) is 5.53. The molecule has 9 heteroatoms. The Bertz CT molecular complexity index is 1010. The molecule has 0 spiro atoms. The first-order valence-electron chi connectivity index (χ1n) is 8.41. The number of thioether (sulfide) groups is 1. The van der Waals surface area contributed by atoms with Crippen LogP contribution >= 0.6 is 23.1 Å². The number of aryl methyl sites for hydroxylation is 3. The van der Waals surface area contributed by atoms with Gasteiger partial charge < -0.3 is 4.74 Å². The molecule has 0 bridgehead atoms. The van der Waals surface area contributed by atoms with Gasteiger partial charge in [-0.15, -0.1) is 16.4 Å². The van der Waals surface area contributed by atoms with Crippen LogP contribution in [0.25, 0.3) is 5.78 Å². The number of hydrogen-bond acceptors (Lipinski definition) is 8. The predicted octanol–water partition coefficient (Wildman–Crippen LogP) is 3.19. The number of aromatic nitrogens is 4. The zero-order chi connectivity index (χ0) is 19.6. The van der Waals surface area contributed by atoms with Crippen LogP contribution in [0, 0.1) is 20.8 Å². The number of nitrogens with zero attached hydrogens (tertiary/aromatic N) is 4. The fourth-order valence-corrected chi connectivity index (χ4v) is 3.87. The van der Waals surface area contributed by atoms with Crippen LogP contribution in [0.2, 0.25) is 0 Å². The second-order valence-electron chi connectivity index (χ2n) is 6.07.